The van der Waals surface area contributed by atoms with Crippen molar-refractivity contribution >= 4 is 12.4 Å². The molecule has 108 valence electrons. The van der Waals surface area contributed by atoms with Gasteiger partial charge >= 0.3 is 0 Å². The zero-order valence-corrected chi connectivity index (χ0v) is 12.4. The molecule has 2 aliphatic rings. The predicted molar refractivity (Wildman–Crippen MR) is 76.1 cm³/mol. The molecule has 3 rings (SSSR count). The van der Waals surface area contributed by atoms with E-state index in [9.17, 15) is 0 Å². The number of rotatable bonds is 3. The van der Waals surface area contributed by atoms with Crippen molar-refractivity contribution in [1.29, 1.82) is 0 Å². The third-order valence-electron chi connectivity index (χ3n) is 4.76. The lowest BCUT2D eigenvalue weighted by Gasteiger charge is -2.34. The van der Waals surface area contributed by atoms with Crippen LogP contribution in [0.1, 0.15) is 63.6 Å². The van der Waals surface area contributed by atoms with Crippen molar-refractivity contribution in [1.82, 2.24) is 10.1 Å². The Morgan fingerprint density at radius 2 is 1.95 bits per heavy atom. The molecule has 0 aliphatic heterocycles. The minimum atomic E-state index is -0.289. The number of nitrogens with two attached hydrogens (primary N) is 1. The summed E-state index contributed by atoms with van der Waals surface area (Å²) in [5.41, 5.74) is 5.91. The standard InChI is InChI=1S/C14H23N3O.ClH/c1-10-3-5-11(6-4-10)9-12-16-13(17-18-12)14(15)7-2-8-14;/h10-11H,2-9,15H2,1H3;1H. The van der Waals surface area contributed by atoms with Crippen molar-refractivity contribution in [3.05, 3.63) is 11.7 Å². The van der Waals surface area contributed by atoms with Crippen molar-refractivity contribution in [3.8, 4) is 0 Å². The van der Waals surface area contributed by atoms with E-state index in [2.05, 4.69) is 17.1 Å². The molecule has 0 spiro atoms. The van der Waals surface area contributed by atoms with Crippen molar-refractivity contribution in [2.24, 2.45) is 17.6 Å². The number of hydrogen-bond acceptors (Lipinski definition) is 4. The molecule has 0 atom stereocenters. The summed E-state index contributed by atoms with van der Waals surface area (Å²) < 4.78 is 5.38. The highest BCUT2D eigenvalue weighted by Gasteiger charge is 2.39. The molecule has 4 nitrogen and oxygen atoms in total. The van der Waals surface area contributed by atoms with Crippen LogP contribution in [0.3, 0.4) is 0 Å². The lowest BCUT2D eigenvalue weighted by molar-refractivity contribution is 0.227. The Morgan fingerprint density at radius 3 is 2.53 bits per heavy atom. The van der Waals surface area contributed by atoms with Gasteiger partial charge in [0.25, 0.3) is 0 Å². The molecule has 0 bridgehead atoms. The second-order valence-corrected chi connectivity index (χ2v) is 6.35. The summed E-state index contributed by atoms with van der Waals surface area (Å²) in [7, 11) is 0. The fraction of sp³-hybridized carbons (Fsp3) is 0.857. The molecule has 0 radical (unpaired) electrons. The summed E-state index contributed by atoms with van der Waals surface area (Å²) in [6.07, 6.45) is 9.38. The van der Waals surface area contributed by atoms with Gasteiger partial charge in [0.05, 0.1) is 5.54 Å². The van der Waals surface area contributed by atoms with Crippen molar-refractivity contribution in [3.63, 3.8) is 0 Å². The molecule has 19 heavy (non-hydrogen) atoms. The zero-order valence-electron chi connectivity index (χ0n) is 11.6. The zero-order chi connectivity index (χ0) is 12.6. The maximum Gasteiger partial charge on any atom is 0.226 e. The third kappa shape index (κ3) is 3.11. The first-order valence-electron chi connectivity index (χ1n) is 7.28. The summed E-state index contributed by atoms with van der Waals surface area (Å²) in [6, 6.07) is 0. The van der Waals surface area contributed by atoms with Gasteiger partial charge in [-0.3, -0.25) is 0 Å². The smallest absolute Gasteiger partial charge is 0.226 e. The highest BCUT2D eigenvalue weighted by molar-refractivity contribution is 5.85. The molecular weight excluding hydrogens is 262 g/mol. The summed E-state index contributed by atoms with van der Waals surface area (Å²) in [6.45, 7) is 2.34. The van der Waals surface area contributed by atoms with Crippen LogP contribution in [0.4, 0.5) is 0 Å². The summed E-state index contributed by atoms with van der Waals surface area (Å²) in [5.74, 6) is 3.14. The van der Waals surface area contributed by atoms with Gasteiger partial charge in [0.15, 0.2) is 5.82 Å². The highest BCUT2D eigenvalue weighted by atomic mass is 35.5. The van der Waals surface area contributed by atoms with Crippen LogP contribution in [-0.4, -0.2) is 10.1 Å². The van der Waals surface area contributed by atoms with Crippen LogP contribution in [0.25, 0.3) is 0 Å². The molecule has 1 aromatic rings. The second kappa shape index (κ2) is 5.80. The van der Waals surface area contributed by atoms with E-state index in [1.807, 2.05) is 0 Å². The minimum absolute atomic E-state index is 0. The normalized spacial score (nSPS) is 29.4. The first kappa shape index (κ1) is 14.8. The minimum Gasteiger partial charge on any atom is -0.339 e. The highest BCUT2D eigenvalue weighted by Crippen LogP contribution is 2.37. The fourth-order valence-corrected chi connectivity index (χ4v) is 3.10. The topological polar surface area (TPSA) is 64.9 Å². The van der Waals surface area contributed by atoms with Gasteiger partial charge in [-0.25, -0.2) is 0 Å². The van der Waals surface area contributed by atoms with E-state index >= 15 is 0 Å². The number of aromatic nitrogens is 2. The first-order valence-corrected chi connectivity index (χ1v) is 7.28. The number of hydrogen-bond donors (Lipinski definition) is 1. The van der Waals surface area contributed by atoms with Crippen LogP contribution in [0.2, 0.25) is 0 Å². The van der Waals surface area contributed by atoms with Crippen molar-refractivity contribution < 1.29 is 4.52 Å². The van der Waals surface area contributed by atoms with E-state index in [0.29, 0.717) is 0 Å². The van der Waals surface area contributed by atoms with Gasteiger partial charge in [-0.15, -0.1) is 12.4 Å². The van der Waals surface area contributed by atoms with Crippen molar-refractivity contribution in [2.45, 2.75) is 63.8 Å². The molecule has 2 aliphatic carbocycles. The molecule has 0 saturated heterocycles. The average Bonchev–Trinajstić information content (AvgIpc) is 2.78. The van der Waals surface area contributed by atoms with Crippen LogP contribution in [0.15, 0.2) is 4.52 Å². The predicted octanol–water partition coefficient (Wildman–Crippen LogP) is 3.20. The van der Waals surface area contributed by atoms with Gasteiger partial charge in [0, 0.05) is 6.42 Å². The van der Waals surface area contributed by atoms with Gasteiger partial charge < -0.3 is 10.3 Å². The summed E-state index contributed by atoms with van der Waals surface area (Å²) in [5, 5.41) is 4.08. The lowest BCUT2D eigenvalue weighted by atomic mass is 9.77. The Labute approximate surface area is 120 Å². The Kier molecular flexibility index (Phi) is 4.51. The monoisotopic (exact) mass is 285 g/mol. The molecule has 2 saturated carbocycles. The Hall–Kier alpha value is -0.610. The largest absolute Gasteiger partial charge is 0.339 e. The van der Waals surface area contributed by atoms with Crippen LogP contribution < -0.4 is 5.73 Å². The van der Waals surface area contributed by atoms with E-state index in [1.165, 1.54) is 32.1 Å². The van der Waals surface area contributed by atoms with Crippen LogP contribution in [0.5, 0.6) is 0 Å². The van der Waals surface area contributed by atoms with Gasteiger partial charge in [-0.2, -0.15) is 4.98 Å². The van der Waals surface area contributed by atoms with Crippen molar-refractivity contribution in [2.75, 3.05) is 0 Å². The summed E-state index contributed by atoms with van der Waals surface area (Å²) in [4.78, 5) is 4.51. The van der Waals surface area contributed by atoms with Crippen LogP contribution in [-0.2, 0) is 12.0 Å². The third-order valence-corrected chi connectivity index (χ3v) is 4.76. The molecule has 1 aromatic heterocycles. The Bertz CT molecular complexity index is 409. The van der Waals surface area contributed by atoms with Gasteiger partial charge in [-0.05, 0) is 43.9 Å². The number of halogens is 1. The molecular formula is C14H24ClN3O. The number of nitrogens with zero attached hydrogens (tertiary/aromatic N) is 2. The van der Waals surface area contributed by atoms with Gasteiger partial charge in [0.1, 0.15) is 0 Å². The maximum absolute atomic E-state index is 6.20. The average molecular weight is 286 g/mol. The molecule has 2 N–H and O–H groups in total. The molecule has 5 heteroatoms. The Morgan fingerprint density at radius 1 is 1.26 bits per heavy atom. The van der Waals surface area contributed by atoms with Gasteiger partial charge in [0.2, 0.25) is 5.89 Å². The maximum atomic E-state index is 6.20. The van der Waals surface area contributed by atoms with Crippen LogP contribution in [0, 0.1) is 11.8 Å². The second-order valence-electron chi connectivity index (χ2n) is 6.35. The van der Waals surface area contributed by atoms with E-state index in [0.717, 1.165) is 42.8 Å². The van der Waals surface area contributed by atoms with Crippen LogP contribution >= 0.6 is 12.4 Å². The molecule has 0 unspecified atom stereocenters. The molecule has 1 heterocycles. The van der Waals surface area contributed by atoms with E-state index in [1.54, 1.807) is 0 Å². The van der Waals surface area contributed by atoms with Gasteiger partial charge in [-0.1, -0.05) is 24.9 Å². The molecule has 0 aromatic carbocycles. The Balaban J connectivity index is 0.00000133. The summed E-state index contributed by atoms with van der Waals surface area (Å²) >= 11 is 0. The molecule has 2 fully saturated rings. The quantitative estimate of drug-likeness (QED) is 0.926. The lowest BCUT2D eigenvalue weighted by Crippen LogP contribution is -2.44. The fourth-order valence-electron chi connectivity index (χ4n) is 3.10. The molecule has 0 amide bonds. The SMILES string of the molecule is CC1CCC(Cc2nc(C3(N)CCC3)no2)CC1.Cl. The van der Waals surface area contributed by atoms with E-state index < -0.39 is 0 Å². The van der Waals surface area contributed by atoms with E-state index in [4.69, 9.17) is 10.3 Å². The first-order chi connectivity index (χ1) is 8.66. The van der Waals surface area contributed by atoms with E-state index in [-0.39, 0.29) is 17.9 Å².